The maximum absolute atomic E-state index is 12.0. The fourth-order valence-electron chi connectivity index (χ4n) is 4.21. The highest BCUT2D eigenvalue weighted by Gasteiger charge is 2.42. The lowest BCUT2D eigenvalue weighted by Crippen LogP contribution is -2.44. The van der Waals surface area contributed by atoms with E-state index in [4.69, 9.17) is 4.74 Å². The number of hydroxylamine groups is 2. The van der Waals surface area contributed by atoms with Crippen LogP contribution in [0.1, 0.15) is 129 Å². The highest BCUT2D eigenvalue weighted by Crippen LogP contribution is 2.18. The van der Waals surface area contributed by atoms with Gasteiger partial charge in [0.1, 0.15) is 0 Å². The van der Waals surface area contributed by atoms with E-state index in [-0.39, 0.29) is 12.5 Å². The lowest BCUT2D eigenvalue weighted by molar-refractivity contribution is -0.189. The first-order chi connectivity index (χ1) is 18.6. The quantitative estimate of drug-likeness (QED) is 0.0766. The van der Waals surface area contributed by atoms with Gasteiger partial charge in [-0.3, -0.25) is 14.4 Å². The van der Waals surface area contributed by atoms with Crippen LogP contribution in [-0.4, -0.2) is 71.9 Å². The number of esters is 1. The maximum Gasteiger partial charge on any atom is 0.336 e. The number of amides is 1. The minimum atomic E-state index is -2.62. The first-order valence-electron chi connectivity index (χ1n) is 14.9. The first-order valence-corrected chi connectivity index (χ1v) is 14.9. The molecular weight excluding hydrogens is 504 g/mol. The Morgan fingerprint density at radius 3 is 1.64 bits per heavy atom. The van der Waals surface area contributed by atoms with Crippen LogP contribution in [0.15, 0.2) is 0 Å². The van der Waals surface area contributed by atoms with E-state index in [1.807, 2.05) is 0 Å². The van der Waals surface area contributed by atoms with Crippen molar-refractivity contribution < 1.29 is 39.0 Å². The van der Waals surface area contributed by atoms with E-state index in [1.165, 1.54) is 91.1 Å². The Bertz CT molecular complexity index is 686. The maximum atomic E-state index is 12.0. The number of carboxylic acid groups (broad SMARTS) is 1. The van der Waals surface area contributed by atoms with Crippen molar-refractivity contribution in [1.82, 2.24) is 10.4 Å². The second-order valence-electron chi connectivity index (χ2n) is 10.6. The van der Waals surface area contributed by atoms with E-state index in [0.717, 1.165) is 24.3 Å². The number of rotatable bonds is 26. The lowest BCUT2D eigenvalue weighted by atomic mass is 9.96. The Balaban J connectivity index is 3.70. The summed E-state index contributed by atoms with van der Waals surface area (Å²) < 4.78 is 4.95. The van der Waals surface area contributed by atoms with E-state index >= 15 is 0 Å². The molecule has 10 nitrogen and oxygen atoms in total. The second kappa shape index (κ2) is 23.7. The molecule has 0 aliphatic carbocycles. The average Bonchev–Trinajstić information content (AvgIpc) is 2.85. The van der Waals surface area contributed by atoms with Crippen molar-refractivity contribution in [3.8, 4) is 0 Å². The molecule has 1 atom stereocenters. The minimum absolute atomic E-state index is 0.0457. The zero-order valence-electron chi connectivity index (χ0n) is 24.6. The Hall–Kier alpha value is -2.20. The fraction of sp³-hybridized carbons (Fsp3) is 0.862. The molecule has 0 spiro atoms. The van der Waals surface area contributed by atoms with Crippen molar-refractivity contribution >= 4 is 23.8 Å². The number of hydrogen-bond donors (Lipinski definition) is 3. The zero-order chi connectivity index (χ0) is 29.4. The summed E-state index contributed by atoms with van der Waals surface area (Å²) in [5, 5.41) is 23.2. The third kappa shape index (κ3) is 22.3. The third-order valence-electron chi connectivity index (χ3n) is 6.47. The largest absolute Gasteiger partial charge is 0.479 e. The number of ether oxygens (including phenoxy) is 1. The number of carboxylic acids is 1. The molecule has 0 saturated heterocycles. The van der Waals surface area contributed by atoms with Gasteiger partial charge in [-0.05, 0) is 12.8 Å². The fourth-order valence-corrected chi connectivity index (χ4v) is 4.21. The van der Waals surface area contributed by atoms with Gasteiger partial charge in [0.05, 0.1) is 19.4 Å². The van der Waals surface area contributed by atoms with Crippen LogP contribution in [0, 0.1) is 0 Å². The molecule has 0 saturated carbocycles. The van der Waals surface area contributed by atoms with E-state index in [1.54, 1.807) is 0 Å². The van der Waals surface area contributed by atoms with Gasteiger partial charge in [-0.2, -0.15) is 0 Å². The van der Waals surface area contributed by atoms with E-state index in [0.29, 0.717) is 19.4 Å². The molecule has 1 amide bonds. The van der Waals surface area contributed by atoms with Gasteiger partial charge < -0.3 is 25.1 Å². The van der Waals surface area contributed by atoms with Crippen LogP contribution in [0.5, 0.6) is 0 Å². The molecule has 0 aromatic rings. The van der Waals surface area contributed by atoms with Crippen molar-refractivity contribution in [3.05, 3.63) is 0 Å². The monoisotopic (exact) mass is 558 g/mol. The number of aliphatic carboxylic acids is 1. The van der Waals surface area contributed by atoms with Crippen LogP contribution in [0.25, 0.3) is 0 Å². The van der Waals surface area contributed by atoms with Gasteiger partial charge in [0.25, 0.3) is 0 Å². The Morgan fingerprint density at radius 2 is 1.18 bits per heavy atom. The first kappa shape index (κ1) is 36.8. The van der Waals surface area contributed by atoms with E-state index in [9.17, 15) is 29.4 Å². The van der Waals surface area contributed by atoms with Crippen LogP contribution < -0.4 is 5.32 Å². The Morgan fingerprint density at radius 1 is 0.718 bits per heavy atom. The summed E-state index contributed by atoms with van der Waals surface area (Å²) in [6.45, 7) is 2.53. The molecule has 0 fully saturated rings. The Labute approximate surface area is 235 Å². The van der Waals surface area contributed by atoms with Gasteiger partial charge >= 0.3 is 17.9 Å². The van der Waals surface area contributed by atoms with Crippen molar-refractivity contribution in [2.45, 2.75) is 135 Å². The number of nitrogens with one attached hydrogen (secondary N) is 1. The summed E-state index contributed by atoms with van der Waals surface area (Å²) in [6.07, 6.45) is 18.1. The van der Waals surface area contributed by atoms with Gasteiger partial charge in [-0.15, -0.1) is 5.06 Å². The number of unbranched alkanes of at least 4 members (excludes halogenated alkanes) is 14. The van der Waals surface area contributed by atoms with Gasteiger partial charge in [0, 0.05) is 27.1 Å². The molecular formula is C29H54N2O8. The summed E-state index contributed by atoms with van der Waals surface area (Å²) >= 11 is 0. The predicted octanol–water partition coefficient (Wildman–Crippen LogP) is 4.91. The van der Waals surface area contributed by atoms with Crippen molar-refractivity contribution in [2.24, 2.45) is 0 Å². The number of nitrogens with zero attached hydrogens (tertiary/aromatic N) is 1. The zero-order valence-corrected chi connectivity index (χ0v) is 24.6. The number of carbonyl (C=O) groups is 4. The molecule has 0 bridgehead atoms. The van der Waals surface area contributed by atoms with Crippen LogP contribution in [-0.2, 0) is 28.8 Å². The molecule has 39 heavy (non-hydrogen) atoms. The molecule has 228 valence electrons. The second-order valence-corrected chi connectivity index (χ2v) is 10.6. The minimum Gasteiger partial charge on any atom is -0.479 e. The highest BCUT2D eigenvalue weighted by atomic mass is 16.7. The third-order valence-corrected chi connectivity index (χ3v) is 6.47. The molecule has 1 unspecified atom stereocenters. The SMILES string of the molecule is CCCCCCCCCCCCCCCCCC(=O)NCCCOC(=O)CC(O)(CC(=O)ON(C)C)C(=O)O. The van der Waals surface area contributed by atoms with E-state index in [2.05, 4.69) is 17.1 Å². The highest BCUT2D eigenvalue weighted by molar-refractivity contribution is 5.88. The summed E-state index contributed by atoms with van der Waals surface area (Å²) in [5.41, 5.74) is -2.62. The van der Waals surface area contributed by atoms with Gasteiger partial charge in [0.15, 0.2) is 5.60 Å². The molecule has 0 aliphatic rings. The van der Waals surface area contributed by atoms with Gasteiger partial charge in [-0.25, -0.2) is 4.79 Å². The average molecular weight is 559 g/mol. The molecule has 10 heteroatoms. The van der Waals surface area contributed by atoms with E-state index < -0.39 is 36.4 Å². The van der Waals surface area contributed by atoms with Crippen LogP contribution in [0.2, 0.25) is 0 Å². The number of carbonyl (C=O) groups excluding carboxylic acids is 3. The van der Waals surface area contributed by atoms with Crippen LogP contribution in [0.3, 0.4) is 0 Å². The molecule has 0 heterocycles. The summed E-state index contributed by atoms with van der Waals surface area (Å²) in [7, 11) is 2.84. The van der Waals surface area contributed by atoms with Crippen molar-refractivity contribution in [2.75, 3.05) is 27.2 Å². The van der Waals surface area contributed by atoms with Crippen LogP contribution in [0.4, 0.5) is 0 Å². The standard InChI is InChI=1S/C29H54N2O8/c1-4-5-6-7-8-9-10-11-12-13-14-15-16-17-18-20-25(32)30-21-19-22-38-26(33)23-29(37,28(35)36)24-27(34)39-31(2)3/h37H,4-24H2,1-3H3,(H,30,32)(H,35,36). The number of hydrogen-bond acceptors (Lipinski definition) is 8. The Kier molecular flexibility index (Phi) is 22.3. The van der Waals surface area contributed by atoms with Gasteiger partial charge in [-0.1, -0.05) is 96.8 Å². The normalized spacial score (nSPS) is 12.6. The molecule has 0 radical (unpaired) electrons. The summed E-state index contributed by atoms with van der Waals surface area (Å²) in [4.78, 5) is 51.6. The van der Waals surface area contributed by atoms with Crippen molar-refractivity contribution in [1.29, 1.82) is 0 Å². The number of aliphatic hydroxyl groups is 1. The molecule has 0 aliphatic heterocycles. The van der Waals surface area contributed by atoms with Gasteiger partial charge in [0.2, 0.25) is 5.91 Å². The molecule has 0 rings (SSSR count). The lowest BCUT2D eigenvalue weighted by Gasteiger charge is -2.22. The topological polar surface area (TPSA) is 142 Å². The smallest absolute Gasteiger partial charge is 0.336 e. The summed E-state index contributed by atoms with van der Waals surface area (Å²) in [6, 6.07) is 0. The molecule has 0 aromatic heterocycles. The van der Waals surface area contributed by atoms with Crippen LogP contribution >= 0.6 is 0 Å². The molecule has 3 N–H and O–H groups in total. The predicted molar refractivity (Wildman–Crippen MR) is 150 cm³/mol. The summed E-state index contributed by atoms with van der Waals surface area (Å²) in [5.74, 6) is -3.71. The molecule has 0 aromatic carbocycles. The van der Waals surface area contributed by atoms with Crippen molar-refractivity contribution in [3.63, 3.8) is 0 Å².